The van der Waals surface area contributed by atoms with Crippen LogP contribution in [0, 0.1) is 11.6 Å². The molecule has 0 spiro atoms. The number of hydrogen-bond acceptors (Lipinski definition) is 3. The number of para-hydroxylation sites is 1. The molecule has 3 rings (SSSR count). The molecule has 0 saturated heterocycles. The van der Waals surface area contributed by atoms with Crippen LogP contribution in [0.5, 0.6) is 5.75 Å². The summed E-state index contributed by atoms with van der Waals surface area (Å²) in [4.78, 5) is 23.9. The molecule has 1 aliphatic heterocycles. The number of carbonyl (C=O) groups is 2. The van der Waals surface area contributed by atoms with E-state index in [4.69, 9.17) is 4.74 Å². The molecule has 118 valence electrons. The number of carbonyl (C=O) groups excluding carboxylic acids is 2. The molecule has 23 heavy (non-hydrogen) atoms. The van der Waals surface area contributed by atoms with Crippen molar-refractivity contribution in [3.05, 3.63) is 53.6 Å². The first-order valence-electron chi connectivity index (χ1n) is 6.82. The average Bonchev–Trinajstić information content (AvgIpc) is 2.52. The molecule has 0 bridgehead atoms. The van der Waals surface area contributed by atoms with Crippen LogP contribution < -0.4 is 15.4 Å². The molecule has 1 heterocycles. The van der Waals surface area contributed by atoms with Gasteiger partial charge in [-0.05, 0) is 37.3 Å². The maximum Gasteiger partial charge on any atom is 0.265 e. The first-order chi connectivity index (χ1) is 11.0. The first kappa shape index (κ1) is 15.0. The molecule has 2 N–H and O–H groups in total. The van der Waals surface area contributed by atoms with E-state index in [1.54, 1.807) is 25.1 Å². The Balaban J connectivity index is 1.89. The Bertz CT molecular complexity index is 808. The number of halogens is 2. The van der Waals surface area contributed by atoms with E-state index in [9.17, 15) is 18.4 Å². The highest BCUT2D eigenvalue weighted by Gasteiger charge is 2.26. The fourth-order valence-electron chi connectivity index (χ4n) is 2.16. The summed E-state index contributed by atoms with van der Waals surface area (Å²) in [6.45, 7) is 1.60. The molecule has 1 aliphatic rings. The predicted octanol–water partition coefficient (Wildman–Crippen LogP) is 2.94. The van der Waals surface area contributed by atoms with Gasteiger partial charge in [0.05, 0.1) is 5.69 Å². The van der Waals surface area contributed by atoms with Crippen molar-refractivity contribution in [2.24, 2.45) is 0 Å². The Labute approximate surface area is 130 Å². The molecule has 0 radical (unpaired) electrons. The molecule has 1 atom stereocenters. The second-order valence-electron chi connectivity index (χ2n) is 5.01. The monoisotopic (exact) mass is 318 g/mol. The summed E-state index contributed by atoms with van der Waals surface area (Å²) in [6.07, 6.45) is -0.639. The zero-order valence-electron chi connectivity index (χ0n) is 12.0. The predicted molar refractivity (Wildman–Crippen MR) is 79.5 cm³/mol. The van der Waals surface area contributed by atoms with E-state index in [1.807, 2.05) is 0 Å². The van der Waals surface area contributed by atoms with Crippen molar-refractivity contribution in [2.45, 2.75) is 13.0 Å². The van der Waals surface area contributed by atoms with Gasteiger partial charge in [-0.3, -0.25) is 9.59 Å². The van der Waals surface area contributed by atoms with Crippen LogP contribution in [0.2, 0.25) is 0 Å². The van der Waals surface area contributed by atoms with Crippen molar-refractivity contribution in [2.75, 3.05) is 10.6 Å². The minimum Gasteiger partial charge on any atom is -0.479 e. The van der Waals surface area contributed by atoms with Crippen LogP contribution >= 0.6 is 0 Å². The van der Waals surface area contributed by atoms with E-state index in [0.29, 0.717) is 17.1 Å². The van der Waals surface area contributed by atoms with Gasteiger partial charge in [-0.15, -0.1) is 0 Å². The quantitative estimate of drug-likeness (QED) is 0.894. The number of anilines is 2. The Morgan fingerprint density at radius 1 is 1.22 bits per heavy atom. The van der Waals surface area contributed by atoms with E-state index >= 15 is 0 Å². The molecule has 0 fully saturated rings. The highest BCUT2D eigenvalue weighted by molar-refractivity contribution is 6.09. The second kappa shape index (κ2) is 5.68. The molecule has 0 aromatic heterocycles. The van der Waals surface area contributed by atoms with Crippen LogP contribution in [0.25, 0.3) is 0 Å². The number of amides is 2. The zero-order valence-corrected chi connectivity index (χ0v) is 12.0. The van der Waals surface area contributed by atoms with Crippen LogP contribution in [0.15, 0.2) is 36.4 Å². The largest absolute Gasteiger partial charge is 0.479 e. The van der Waals surface area contributed by atoms with Crippen molar-refractivity contribution in [3.63, 3.8) is 0 Å². The summed E-state index contributed by atoms with van der Waals surface area (Å²) in [5, 5.41) is 5.19. The van der Waals surface area contributed by atoms with Gasteiger partial charge in [0.25, 0.3) is 11.8 Å². The second-order valence-corrected chi connectivity index (χ2v) is 5.01. The van der Waals surface area contributed by atoms with Crippen LogP contribution in [0.4, 0.5) is 20.2 Å². The van der Waals surface area contributed by atoms with Crippen LogP contribution in [0.3, 0.4) is 0 Å². The summed E-state index contributed by atoms with van der Waals surface area (Å²) in [7, 11) is 0. The third kappa shape index (κ3) is 2.85. The molecule has 0 aliphatic carbocycles. The lowest BCUT2D eigenvalue weighted by molar-refractivity contribution is -0.122. The van der Waals surface area contributed by atoms with Gasteiger partial charge in [0.1, 0.15) is 11.4 Å². The van der Waals surface area contributed by atoms with Crippen LogP contribution in [-0.2, 0) is 4.79 Å². The lowest BCUT2D eigenvalue weighted by atomic mass is 10.1. The van der Waals surface area contributed by atoms with Crippen LogP contribution in [0.1, 0.15) is 17.3 Å². The van der Waals surface area contributed by atoms with Gasteiger partial charge < -0.3 is 15.4 Å². The molecule has 1 unspecified atom stereocenters. The van der Waals surface area contributed by atoms with E-state index < -0.39 is 23.6 Å². The summed E-state index contributed by atoms with van der Waals surface area (Å²) < 4.78 is 31.6. The fraction of sp³-hybridized carbons (Fsp3) is 0.125. The smallest absolute Gasteiger partial charge is 0.265 e. The zero-order chi connectivity index (χ0) is 16.6. The van der Waals surface area contributed by atoms with Crippen LogP contribution in [-0.4, -0.2) is 17.9 Å². The van der Waals surface area contributed by atoms with Crippen molar-refractivity contribution in [3.8, 4) is 5.75 Å². The number of fused-ring (bicyclic) bond motifs is 1. The molecule has 2 amide bonds. The van der Waals surface area contributed by atoms with E-state index in [2.05, 4.69) is 10.6 Å². The Morgan fingerprint density at radius 2 is 2.00 bits per heavy atom. The third-order valence-corrected chi connectivity index (χ3v) is 3.38. The summed E-state index contributed by atoms with van der Waals surface area (Å²) in [5.74, 6) is -2.70. The topological polar surface area (TPSA) is 67.4 Å². The molecule has 2 aromatic rings. The van der Waals surface area contributed by atoms with E-state index in [0.717, 1.165) is 12.1 Å². The first-order valence-corrected chi connectivity index (χ1v) is 6.82. The number of nitrogens with one attached hydrogen (secondary N) is 2. The van der Waals surface area contributed by atoms with Crippen molar-refractivity contribution in [1.82, 2.24) is 0 Å². The van der Waals surface area contributed by atoms with E-state index in [1.165, 1.54) is 6.07 Å². The van der Waals surface area contributed by atoms with Gasteiger partial charge in [0, 0.05) is 5.56 Å². The highest BCUT2D eigenvalue weighted by Crippen LogP contribution is 2.36. The number of hydrogen-bond donors (Lipinski definition) is 2. The Hall–Kier alpha value is -2.96. The number of rotatable bonds is 2. The maximum absolute atomic E-state index is 13.2. The summed E-state index contributed by atoms with van der Waals surface area (Å²) >= 11 is 0. The Morgan fingerprint density at radius 3 is 2.74 bits per heavy atom. The standard InChI is InChI=1S/C16H12F2N2O3/c1-8-15(21)20-14-12(3-2-4-13(14)23-8)19-16(22)9-5-6-10(17)11(18)7-9/h2-8H,1H3,(H,19,22)(H,20,21). The van der Waals surface area contributed by atoms with Gasteiger partial charge in [-0.25, -0.2) is 8.78 Å². The third-order valence-electron chi connectivity index (χ3n) is 3.38. The fourth-order valence-corrected chi connectivity index (χ4v) is 2.16. The molecular formula is C16H12F2N2O3. The van der Waals surface area contributed by atoms with Gasteiger partial charge >= 0.3 is 0 Å². The number of ether oxygens (including phenoxy) is 1. The lowest BCUT2D eigenvalue weighted by Crippen LogP contribution is -2.34. The van der Waals surface area contributed by atoms with Crippen molar-refractivity contribution in [1.29, 1.82) is 0 Å². The van der Waals surface area contributed by atoms with Gasteiger partial charge in [-0.2, -0.15) is 0 Å². The molecule has 7 heteroatoms. The number of benzene rings is 2. The summed E-state index contributed by atoms with van der Waals surface area (Å²) in [6, 6.07) is 7.70. The van der Waals surface area contributed by atoms with Gasteiger partial charge in [0.2, 0.25) is 0 Å². The molecular weight excluding hydrogens is 306 g/mol. The van der Waals surface area contributed by atoms with Gasteiger partial charge in [-0.1, -0.05) is 6.07 Å². The Kier molecular flexibility index (Phi) is 3.69. The molecule has 2 aromatic carbocycles. The minimum absolute atomic E-state index is 0.0436. The van der Waals surface area contributed by atoms with Crippen molar-refractivity contribution >= 4 is 23.2 Å². The lowest BCUT2D eigenvalue weighted by Gasteiger charge is -2.25. The minimum atomic E-state index is -1.11. The molecule has 0 saturated carbocycles. The highest BCUT2D eigenvalue weighted by atomic mass is 19.2. The van der Waals surface area contributed by atoms with E-state index in [-0.39, 0.29) is 11.5 Å². The maximum atomic E-state index is 13.2. The van der Waals surface area contributed by atoms with Gasteiger partial charge in [0.15, 0.2) is 17.7 Å². The molecule has 5 nitrogen and oxygen atoms in total. The summed E-state index contributed by atoms with van der Waals surface area (Å²) in [5.41, 5.74) is 0.585. The SMILES string of the molecule is CC1Oc2cccc(NC(=O)c3ccc(F)c(F)c3)c2NC1=O. The van der Waals surface area contributed by atoms with Crippen molar-refractivity contribution < 1.29 is 23.1 Å². The normalized spacial score (nSPS) is 16.1. The average molecular weight is 318 g/mol.